The number of anilines is 1. The Morgan fingerprint density at radius 1 is 1.29 bits per heavy atom. The second-order valence-corrected chi connectivity index (χ2v) is 7.27. The number of nitrogen functional groups attached to an aromatic ring is 1. The van der Waals surface area contributed by atoms with Gasteiger partial charge in [-0.05, 0) is 18.6 Å². The van der Waals surface area contributed by atoms with Crippen molar-refractivity contribution in [1.29, 1.82) is 0 Å². The van der Waals surface area contributed by atoms with Crippen molar-refractivity contribution in [3.8, 4) is 0 Å². The summed E-state index contributed by atoms with van der Waals surface area (Å²) >= 11 is 0. The van der Waals surface area contributed by atoms with Crippen molar-refractivity contribution in [2.24, 2.45) is 0 Å². The number of furan rings is 1. The van der Waals surface area contributed by atoms with Gasteiger partial charge in [0.1, 0.15) is 23.2 Å². The molecule has 2 amide bonds. The maximum Gasteiger partial charge on any atom is 0.303 e. The number of amides is 2. The number of carbonyl (C=O) groups is 3. The van der Waals surface area contributed by atoms with Crippen LogP contribution >= 0.6 is 0 Å². The molecule has 1 aliphatic rings. The van der Waals surface area contributed by atoms with Gasteiger partial charge in [-0.1, -0.05) is 30.3 Å². The Balaban J connectivity index is 1.42. The molecule has 1 fully saturated rings. The SMILES string of the molecule is CC(=O)OC(C(=O)N1CCC1C(=O)NCc1cc2c(N)nccc2o1)c1ccccc1. The van der Waals surface area contributed by atoms with Crippen LogP contribution in [0.5, 0.6) is 0 Å². The van der Waals surface area contributed by atoms with Crippen LogP contribution in [0.25, 0.3) is 11.0 Å². The van der Waals surface area contributed by atoms with Crippen molar-refractivity contribution >= 4 is 34.6 Å². The molecule has 9 nitrogen and oxygen atoms in total. The zero-order valence-electron chi connectivity index (χ0n) is 16.9. The van der Waals surface area contributed by atoms with Crippen LogP contribution in [0.4, 0.5) is 5.82 Å². The van der Waals surface area contributed by atoms with Crippen molar-refractivity contribution in [2.75, 3.05) is 12.3 Å². The number of nitrogens with zero attached hydrogens (tertiary/aromatic N) is 2. The van der Waals surface area contributed by atoms with Gasteiger partial charge in [0.2, 0.25) is 12.0 Å². The summed E-state index contributed by atoms with van der Waals surface area (Å²) in [6.45, 7) is 1.81. The quantitative estimate of drug-likeness (QED) is 0.581. The topological polar surface area (TPSA) is 128 Å². The third-order valence-corrected chi connectivity index (χ3v) is 5.18. The van der Waals surface area contributed by atoms with Crippen LogP contribution in [0.1, 0.15) is 30.8 Å². The maximum absolute atomic E-state index is 13.0. The zero-order chi connectivity index (χ0) is 22.0. The van der Waals surface area contributed by atoms with E-state index >= 15 is 0 Å². The number of hydrogen-bond acceptors (Lipinski definition) is 7. The minimum Gasteiger partial charge on any atom is -0.459 e. The van der Waals surface area contributed by atoms with Crippen LogP contribution in [-0.2, 0) is 25.7 Å². The lowest BCUT2D eigenvalue weighted by molar-refractivity contribution is -0.165. The predicted octanol–water partition coefficient (Wildman–Crippen LogP) is 1.93. The molecule has 4 rings (SSSR count). The molecule has 2 aromatic heterocycles. The normalized spacial score (nSPS) is 16.4. The summed E-state index contributed by atoms with van der Waals surface area (Å²) in [4.78, 5) is 42.7. The van der Waals surface area contributed by atoms with E-state index < -0.39 is 24.0 Å². The maximum atomic E-state index is 13.0. The Morgan fingerprint density at radius 2 is 2.06 bits per heavy atom. The molecule has 0 aliphatic carbocycles. The van der Waals surface area contributed by atoms with Crippen molar-refractivity contribution < 1.29 is 23.5 Å². The molecular weight excluding hydrogens is 400 g/mol. The first-order valence-electron chi connectivity index (χ1n) is 9.87. The van der Waals surface area contributed by atoms with E-state index in [0.29, 0.717) is 41.1 Å². The van der Waals surface area contributed by atoms with Gasteiger partial charge in [0.05, 0.1) is 11.9 Å². The highest BCUT2D eigenvalue weighted by molar-refractivity contribution is 5.92. The molecule has 1 saturated heterocycles. The first-order chi connectivity index (χ1) is 14.9. The van der Waals surface area contributed by atoms with Gasteiger partial charge in [0, 0.05) is 25.2 Å². The first-order valence-corrected chi connectivity index (χ1v) is 9.87. The molecule has 2 unspecified atom stereocenters. The van der Waals surface area contributed by atoms with Gasteiger partial charge in [-0.15, -0.1) is 0 Å². The minimum atomic E-state index is -1.08. The molecule has 1 aliphatic heterocycles. The average Bonchev–Trinajstić information content (AvgIpc) is 3.15. The largest absolute Gasteiger partial charge is 0.459 e. The lowest BCUT2D eigenvalue weighted by Gasteiger charge is -2.41. The van der Waals surface area contributed by atoms with E-state index in [1.165, 1.54) is 11.8 Å². The molecule has 3 heterocycles. The number of nitrogens with one attached hydrogen (secondary N) is 1. The van der Waals surface area contributed by atoms with Gasteiger partial charge in [-0.3, -0.25) is 14.4 Å². The van der Waals surface area contributed by atoms with E-state index in [4.69, 9.17) is 14.9 Å². The molecule has 1 aromatic carbocycles. The standard InChI is InChI=1S/C22H22N4O5/c1-13(27)30-19(14-5-3-2-4-6-14)22(29)26-10-8-17(26)21(28)25-12-15-11-16-18(31-15)7-9-24-20(16)23/h2-7,9,11,17,19H,8,10,12H2,1H3,(H2,23,24)(H,25,28). The van der Waals surface area contributed by atoms with E-state index in [9.17, 15) is 14.4 Å². The van der Waals surface area contributed by atoms with E-state index in [1.807, 2.05) is 0 Å². The van der Waals surface area contributed by atoms with Crippen molar-refractivity contribution in [1.82, 2.24) is 15.2 Å². The number of fused-ring (bicyclic) bond motifs is 1. The highest BCUT2D eigenvalue weighted by Crippen LogP contribution is 2.27. The summed E-state index contributed by atoms with van der Waals surface area (Å²) in [5, 5.41) is 3.47. The van der Waals surface area contributed by atoms with Crippen LogP contribution in [0.15, 0.2) is 53.1 Å². The molecule has 31 heavy (non-hydrogen) atoms. The summed E-state index contributed by atoms with van der Waals surface area (Å²) in [6.07, 6.45) is 0.990. The number of esters is 1. The van der Waals surface area contributed by atoms with Crippen LogP contribution < -0.4 is 11.1 Å². The number of nitrogens with two attached hydrogens (primary N) is 1. The lowest BCUT2D eigenvalue weighted by Crippen LogP contribution is -2.59. The van der Waals surface area contributed by atoms with Gasteiger partial charge >= 0.3 is 5.97 Å². The van der Waals surface area contributed by atoms with Crippen molar-refractivity contribution in [2.45, 2.75) is 32.0 Å². The summed E-state index contributed by atoms with van der Waals surface area (Å²) < 4.78 is 10.9. The number of hydrogen-bond donors (Lipinski definition) is 2. The van der Waals surface area contributed by atoms with Gasteiger partial charge in [-0.2, -0.15) is 0 Å². The van der Waals surface area contributed by atoms with E-state index in [1.54, 1.807) is 48.7 Å². The van der Waals surface area contributed by atoms with E-state index in [0.717, 1.165) is 0 Å². The van der Waals surface area contributed by atoms with Crippen molar-refractivity contribution in [3.63, 3.8) is 0 Å². The van der Waals surface area contributed by atoms with Gasteiger partial charge < -0.3 is 25.1 Å². The number of carbonyl (C=O) groups excluding carboxylic acids is 3. The zero-order valence-corrected chi connectivity index (χ0v) is 16.9. The molecule has 0 spiro atoms. The van der Waals surface area contributed by atoms with E-state index in [-0.39, 0.29) is 12.5 Å². The number of benzene rings is 1. The van der Waals surface area contributed by atoms with Crippen molar-refractivity contribution in [3.05, 3.63) is 60.0 Å². The highest BCUT2D eigenvalue weighted by Gasteiger charge is 2.41. The van der Waals surface area contributed by atoms with Gasteiger partial charge in [-0.25, -0.2) is 4.98 Å². The van der Waals surface area contributed by atoms with Gasteiger partial charge in [0.25, 0.3) is 5.91 Å². The van der Waals surface area contributed by atoms with Crippen LogP contribution in [0, 0.1) is 0 Å². The second kappa shape index (κ2) is 8.47. The summed E-state index contributed by atoms with van der Waals surface area (Å²) in [5.41, 5.74) is 6.97. The molecule has 0 saturated carbocycles. The Labute approximate surface area is 178 Å². The number of rotatable bonds is 6. The highest BCUT2D eigenvalue weighted by atomic mass is 16.5. The fraction of sp³-hybridized carbons (Fsp3) is 0.273. The molecule has 160 valence electrons. The van der Waals surface area contributed by atoms with Crippen LogP contribution in [0.3, 0.4) is 0 Å². The van der Waals surface area contributed by atoms with Crippen LogP contribution in [-0.4, -0.2) is 40.3 Å². The molecule has 0 radical (unpaired) electrons. The molecule has 3 N–H and O–H groups in total. The third-order valence-electron chi connectivity index (χ3n) is 5.18. The fourth-order valence-electron chi connectivity index (χ4n) is 3.54. The lowest BCUT2D eigenvalue weighted by atomic mass is 9.99. The predicted molar refractivity (Wildman–Crippen MR) is 111 cm³/mol. The molecular formula is C22H22N4O5. The number of ether oxygens (including phenoxy) is 1. The number of likely N-dealkylation sites (tertiary alicyclic amines) is 1. The molecule has 9 heteroatoms. The summed E-state index contributed by atoms with van der Waals surface area (Å²) in [6, 6.07) is 11.5. The molecule has 2 atom stereocenters. The summed E-state index contributed by atoms with van der Waals surface area (Å²) in [7, 11) is 0. The Hall–Kier alpha value is -3.88. The second-order valence-electron chi connectivity index (χ2n) is 7.27. The van der Waals surface area contributed by atoms with Crippen LogP contribution in [0.2, 0.25) is 0 Å². The summed E-state index contributed by atoms with van der Waals surface area (Å²) in [5.74, 6) is -0.409. The fourth-order valence-corrected chi connectivity index (χ4v) is 3.54. The average molecular weight is 422 g/mol. The Bertz CT molecular complexity index is 1130. The van der Waals surface area contributed by atoms with E-state index in [2.05, 4.69) is 10.3 Å². The smallest absolute Gasteiger partial charge is 0.303 e. The monoisotopic (exact) mass is 422 g/mol. The molecule has 3 aromatic rings. The molecule has 0 bridgehead atoms. The van der Waals surface area contributed by atoms with Gasteiger partial charge in [0.15, 0.2) is 0 Å². The first kappa shape index (κ1) is 20.4. The number of aromatic nitrogens is 1. The number of pyridine rings is 1. The Morgan fingerprint density at radius 3 is 2.71 bits per heavy atom. The third kappa shape index (κ3) is 4.20. The minimum absolute atomic E-state index is 0.150. The Kier molecular flexibility index (Phi) is 5.57.